The second-order valence-corrected chi connectivity index (χ2v) is 9.55. The van der Waals surface area contributed by atoms with E-state index in [1.54, 1.807) is 0 Å². The molecule has 1 heterocycles. The average Bonchev–Trinajstić information content (AvgIpc) is 3.18. The standard InChI is InChI=1S/C25H31N3O2S/c1-6-19-12-14-21(15-13-19)30-16-23-26-27-24(31-17-22(29)25(3,4)5)28(23)18(2)20-10-8-7-9-11-20/h7-15,18H,6,16-17H2,1-5H3. The van der Waals surface area contributed by atoms with Crippen LogP contribution in [0, 0.1) is 5.41 Å². The monoisotopic (exact) mass is 437 g/mol. The van der Waals surface area contributed by atoms with E-state index in [4.69, 9.17) is 4.74 Å². The number of rotatable bonds is 9. The van der Waals surface area contributed by atoms with Crippen molar-refractivity contribution >= 4 is 17.5 Å². The van der Waals surface area contributed by atoms with Gasteiger partial charge in [0.05, 0.1) is 11.8 Å². The summed E-state index contributed by atoms with van der Waals surface area (Å²) >= 11 is 1.44. The van der Waals surface area contributed by atoms with Gasteiger partial charge in [-0.15, -0.1) is 10.2 Å². The van der Waals surface area contributed by atoms with Crippen LogP contribution in [-0.4, -0.2) is 26.3 Å². The first-order chi connectivity index (χ1) is 14.8. The Morgan fingerprint density at radius 1 is 1.06 bits per heavy atom. The van der Waals surface area contributed by atoms with E-state index in [0.29, 0.717) is 12.4 Å². The Balaban J connectivity index is 1.83. The van der Waals surface area contributed by atoms with Crippen LogP contribution >= 0.6 is 11.8 Å². The maximum Gasteiger partial charge on any atom is 0.192 e. The molecular formula is C25H31N3O2S. The number of carbonyl (C=O) groups excluding carboxylic acids is 1. The first-order valence-electron chi connectivity index (χ1n) is 10.7. The minimum atomic E-state index is -0.376. The van der Waals surface area contributed by atoms with Crippen LogP contribution in [0.5, 0.6) is 5.75 Å². The predicted octanol–water partition coefficient (Wildman–Crippen LogP) is 5.74. The van der Waals surface area contributed by atoms with Gasteiger partial charge >= 0.3 is 0 Å². The molecule has 0 aliphatic carbocycles. The van der Waals surface area contributed by atoms with E-state index in [2.05, 4.69) is 52.9 Å². The van der Waals surface area contributed by atoms with E-state index in [1.165, 1.54) is 17.3 Å². The Morgan fingerprint density at radius 3 is 2.35 bits per heavy atom. The summed E-state index contributed by atoms with van der Waals surface area (Å²) in [5.41, 5.74) is 2.05. The predicted molar refractivity (Wildman–Crippen MR) is 126 cm³/mol. The van der Waals surface area contributed by atoms with Gasteiger partial charge in [-0.2, -0.15) is 0 Å². The van der Waals surface area contributed by atoms with Crippen LogP contribution in [0.4, 0.5) is 0 Å². The van der Waals surface area contributed by atoms with Crippen molar-refractivity contribution in [3.05, 3.63) is 71.5 Å². The van der Waals surface area contributed by atoms with Gasteiger partial charge in [-0.3, -0.25) is 9.36 Å². The van der Waals surface area contributed by atoms with Crippen LogP contribution in [0.25, 0.3) is 0 Å². The minimum Gasteiger partial charge on any atom is -0.486 e. The van der Waals surface area contributed by atoms with Crippen molar-refractivity contribution in [2.24, 2.45) is 5.41 Å². The summed E-state index contributed by atoms with van der Waals surface area (Å²) < 4.78 is 8.09. The number of hydrogen-bond donors (Lipinski definition) is 0. The molecule has 0 N–H and O–H groups in total. The molecule has 0 fully saturated rings. The van der Waals surface area contributed by atoms with Crippen LogP contribution in [0.3, 0.4) is 0 Å². The maximum absolute atomic E-state index is 12.5. The lowest BCUT2D eigenvalue weighted by molar-refractivity contribution is -0.123. The maximum atomic E-state index is 12.5. The highest BCUT2D eigenvalue weighted by Gasteiger charge is 2.24. The molecule has 3 rings (SSSR count). The van der Waals surface area contributed by atoms with Gasteiger partial charge in [-0.05, 0) is 36.6 Å². The Labute approximate surface area is 189 Å². The Kier molecular flexibility index (Phi) is 7.55. The Morgan fingerprint density at radius 2 is 1.74 bits per heavy atom. The molecule has 0 spiro atoms. The number of Topliss-reactive ketones (excluding diaryl/α,β-unsaturated/α-hetero) is 1. The van der Waals surface area contributed by atoms with Crippen molar-refractivity contribution in [2.75, 3.05) is 5.75 Å². The highest BCUT2D eigenvalue weighted by molar-refractivity contribution is 7.99. The van der Waals surface area contributed by atoms with Crippen molar-refractivity contribution < 1.29 is 9.53 Å². The molecule has 0 aliphatic heterocycles. The molecule has 0 bridgehead atoms. The minimum absolute atomic E-state index is 0.0181. The zero-order chi connectivity index (χ0) is 22.4. The van der Waals surface area contributed by atoms with Gasteiger partial charge in [0.1, 0.15) is 18.1 Å². The molecular weight excluding hydrogens is 406 g/mol. The Bertz CT molecular complexity index is 992. The van der Waals surface area contributed by atoms with Crippen LogP contribution in [0.15, 0.2) is 59.8 Å². The van der Waals surface area contributed by atoms with E-state index in [-0.39, 0.29) is 17.2 Å². The number of benzene rings is 2. The summed E-state index contributed by atoms with van der Waals surface area (Å²) in [6.07, 6.45) is 0.997. The number of aromatic nitrogens is 3. The van der Waals surface area contributed by atoms with Crippen LogP contribution in [-0.2, 0) is 17.8 Å². The van der Waals surface area contributed by atoms with Crippen molar-refractivity contribution in [2.45, 2.75) is 58.8 Å². The number of aryl methyl sites for hydroxylation is 1. The smallest absolute Gasteiger partial charge is 0.192 e. The molecule has 1 unspecified atom stereocenters. The summed E-state index contributed by atoms with van der Waals surface area (Å²) in [5.74, 6) is 2.09. The molecule has 164 valence electrons. The van der Waals surface area contributed by atoms with Crippen molar-refractivity contribution in [1.82, 2.24) is 14.8 Å². The SMILES string of the molecule is CCc1ccc(OCc2nnc(SCC(=O)C(C)(C)C)n2C(C)c2ccccc2)cc1. The highest BCUT2D eigenvalue weighted by Crippen LogP contribution is 2.28. The van der Waals surface area contributed by atoms with Gasteiger partial charge in [0.2, 0.25) is 0 Å². The van der Waals surface area contributed by atoms with Gasteiger partial charge in [0.25, 0.3) is 0 Å². The molecule has 0 amide bonds. The fraction of sp³-hybridized carbons (Fsp3) is 0.400. The molecule has 0 radical (unpaired) electrons. The molecule has 2 aromatic carbocycles. The lowest BCUT2D eigenvalue weighted by Gasteiger charge is -2.20. The van der Waals surface area contributed by atoms with Gasteiger partial charge in [0.15, 0.2) is 11.0 Å². The molecule has 6 heteroatoms. The van der Waals surface area contributed by atoms with Crippen molar-refractivity contribution in [1.29, 1.82) is 0 Å². The summed E-state index contributed by atoms with van der Waals surface area (Å²) in [7, 11) is 0. The number of nitrogens with zero attached hydrogens (tertiary/aromatic N) is 3. The number of ether oxygens (including phenoxy) is 1. The lowest BCUT2D eigenvalue weighted by Crippen LogP contribution is -2.22. The zero-order valence-corrected chi connectivity index (χ0v) is 19.8. The number of hydrogen-bond acceptors (Lipinski definition) is 5. The molecule has 5 nitrogen and oxygen atoms in total. The topological polar surface area (TPSA) is 57.0 Å². The third kappa shape index (κ3) is 5.97. The van der Waals surface area contributed by atoms with Gasteiger partial charge < -0.3 is 4.74 Å². The molecule has 0 aliphatic rings. The number of carbonyl (C=O) groups is 1. The molecule has 1 aromatic heterocycles. The van der Waals surface area contributed by atoms with E-state index in [1.807, 2.05) is 51.1 Å². The molecule has 0 saturated heterocycles. The fourth-order valence-electron chi connectivity index (χ4n) is 3.09. The normalized spacial score (nSPS) is 12.5. The highest BCUT2D eigenvalue weighted by atomic mass is 32.2. The third-order valence-corrected chi connectivity index (χ3v) is 6.22. The van der Waals surface area contributed by atoms with Crippen LogP contribution in [0.1, 0.15) is 57.6 Å². The van der Waals surface area contributed by atoms with Gasteiger partial charge in [0, 0.05) is 5.41 Å². The fourth-order valence-corrected chi connectivity index (χ4v) is 4.28. The summed E-state index contributed by atoms with van der Waals surface area (Å²) in [4.78, 5) is 12.5. The second-order valence-electron chi connectivity index (χ2n) is 8.60. The van der Waals surface area contributed by atoms with E-state index in [0.717, 1.165) is 28.7 Å². The van der Waals surface area contributed by atoms with Crippen molar-refractivity contribution in [3.8, 4) is 5.75 Å². The summed E-state index contributed by atoms with van der Waals surface area (Å²) in [6, 6.07) is 18.4. The molecule has 0 saturated carbocycles. The van der Waals surface area contributed by atoms with Crippen LogP contribution in [0.2, 0.25) is 0 Å². The first-order valence-corrected chi connectivity index (χ1v) is 11.6. The first kappa shape index (κ1) is 23.1. The van der Waals surface area contributed by atoms with Gasteiger partial charge in [-0.25, -0.2) is 0 Å². The number of thioether (sulfide) groups is 1. The van der Waals surface area contributed by atoms with Crippen LogP contribution < -0.4 is 4.74 Å². The van der Waals surface area contributed by atoms with Crippen molar-refractivity contribution in [3.63, 3.8) is 0 Å². The van der Waals surface area contributed by atoms with E-state index >= 15 is 0 Å². The number of ketones is 1. The quantitative estimate of drug-likeness (QED) is 0.400. The third-order valence-electron chi connectivity index (χ3n) is 5.27. The van der Waals surface area contributed by atoms with E-state index < -0.39 is 0 Å². The average molecular weight is 438 g/mol. The second kappa shape index (κ2) is 10.1. The van der Waals surface area contributed by atoms with Gasteiger partial charge in [-0.1, -0.05) is 81.9 Å². The zero-order valence-electron chi connectivity index (χ0n) is 19.0. The summed E-state index contributed by atoms with van der Waals surface area (Å²) in [6.45, 7) is 10.4. The molecule has 3 aromatic rings. The molecule has 31 heavy (non-hydrogen) atoms. The van der Waals surface area contributed by atoms with E-state index in [9.17, 15) is 4.79 Å². The largest absolute Gasteiger partial charge is 0.486 e. The lowest BCUT2D eigenvalue weighted by atomic mass is 9.92. The molecule has 1 atom stereocenters. The Hall–Kier alpha value is -2.60. The summed E-state index contributed by atoms with van der Waals surface area (Å²) in [5, 5.41) is 9.54.